The zero-order chi connectivity index (χ0) is 85.4. The molecule has 0 unspecified atom stereocenters. The Morgan fingerprint density at radius 3 is 1.32 bits per heavy atom. The van der Waals surface area contributed by atoms with E-state index in [1.165, 1.54) is 112 Å². The number of carbonyl (C=O) groups excluding carboxylic acids is 2. The van der Waals surface area contributed by atoms with Crippen molar-refractivity contribution < 1.29 is 105 Å². The predicted octanol–water partition coefficient (Wildman–Crippen LogP) is 28.4. The maximum atomic E-state index is 12.9. The molecule has 0 bridgehead atoms. The van der Waals surface area contributed by atoms with Crippen LogP contribution in [-0.4, -0.2) is 56.7 Å². The topological polar surface area (TPSA) is 165 Å². The van der Waals surface area contributed by atoms with Crippen LogP contribution in [0.2, 0.25) is 0 Å². The zero-order valence-electron chi connectivity index (χ0n) is 70.5. The number of aryl methyl sites for hydroxylation is 6. The van der Waals surface area contributed by atoms with Crippen molar-refractivity contribution in [2.75, 3.05) is 0 Å². The van der Waals surface area contributed by atoms with Crippen molar-refractivity contribution in [1.29, 1.82) is 0 Å². The largest absolute Gasteiger partial charge is 0.512 e. The van der Waals surface area contributed by atoms with Crippen LogP contribution in [0.5, 0.6) is 0 Å². The number of aliphatic hydroxyl groups is 2. The number of pyridine rings is 5. The van der Waals surface area contributed by atoms with Crippen molar-refractivity contribution in [3.05, 3.63) is 438 Å². The number of benzene rings is 10. The summed E-state index contributed by atoms with van der Waals surface area (Å²) >= 11 is 1.74. The van der Waals surface area contributed by atoms with Gasteiger partial charge in [0.15, 0.2) is 11.6 Å². The van der Waals surface area contributed by atoms with Crippen LogP contribution in [0.15, 0.2) is 351 Å². The van der Waals surface area contributed by atoms with Gasteiger partial charge < -0.3 is 40.1 Å². The number of ketones is 2. The maximum absolute atomic E-state index is 12.9. The van der Waals surface area contributed by atoms with Crippen LogP contribution in [0.3, 0.4) is 0 Å². The Balaban J connectivity index is 0.000000316. The number of allylic oxidation sites excluding steroid dienone is 4. The molecule has 4 radical (unpaired) electrons. The second-order valence-corrected chi connectivity index (χ2v) is 29.4. The van der Waals surface area contributed by atoms with Gasteiger partial charge in [0.25, 0.3) is 0 Å². The molecule has 17 heteroatoms. The summed E-state index contributed by atoms with van der Waals surface area (Å²) in [7, 11) is 0. The molecule has 0 saturated carbocycles. The van der Waals surface area contributed by atoms with Crippen molar-refractivity contribution in [1.82, 2.24) is 34.9 Å². The average molecular weight is 2420 g/mol. The summed E-state index contributed by atoms with van der Waals surface area (Å²) in [6.45, 7) is 18.4. The zero-order valence-corrected chi connectivity index (χ0v) is 80.9. The van der Waals surface area contributed by atoms with E-state index in [0.29, 0.717) is 0 Å². The monoisotopic (exact) mass is 2420 g/mol. The average Bonchev–Trinajstić information content (AvgIpc) is 1.21. The fourth-order valence-electron chi connectivity index (χ4n) is 13.3. The van der Waals surface area contributed by atoms with Crippen molar-refractivity contribution in [2.24, 2.45) is 0 Å². The molecular formula is C111H102FIr4N7O4S-6. The molecule has 17 aromatic rings. The maximum Gasteiger partial charge on any atom is 0.155 e. The Bertz CT molecular complexity index is 6050. The van der Waals surface area contributed by atoms with E-state index in [9.17, 15) is 14.0 Å². The van der Waals surface area contributed by atoms with E-state index in [-0.39, 0.29) is 132 Å². The predicted molar refractivity (Wildman–Crippen MR) is 511 cm³/mol. The van der Waals surface area contributed by atoms with Crippen molar-refractivity contribution in [3.8, 4) is 112 Å². The number of fused-ring (bicyclic) bond motifs is 4. The van der Waals surface area contributed by atoms with Crippen LogP contribution in [0, 0.1) is 83.8 Å². The second-order valence-electron chi connectivity index (χ2n) is 28.4. The van der Waals surface area contributed by atoms with Gasteiger partial charge in [-0.2, -0.15) is 0 Å². The normalized spacial score (nSPS) is 10.2. The fraction of sp³-hybridized carbons (Fsp3) is 0.126. The number of hydrogen-bond donors (Lipinski definition) is 2. The number of thiophene rings is 1. The van der Waals surface area contributed by atoms with Crippen LogP contribution in [-0.2, 0) is 96.4 Å². The first kappa shape index (κ1) is 108. The van der Waals surface area contributed by atoms with E-state index in [1.54, 1.807) is 42.1 Å². The molecule has 128 heavy (non-hydrogen) atoms. The molecule has 0 spiro atoms. The summed E-state index contributed by atoms with van der Waals surface area (Å²) in [4.78, 5) is 52.0. The first-order valence-corrected chi connectivity index (χ1v) is 40.2. The van der Waals surface area contributed by atoms with Gasteiger partial charge >= 0.3 is 0 Å². The number of nitrogens with zero attached hydrogens (tertiary/aromatic N) is 7. The molecule has 0 fully saturated rings. The number of aromatic nitrogens is 7. The quantitative estimate of drug-likeness (QED) is 0.0719. The first-order chi connectivity index (χ1) is 58.7. The smallest absolute Gasteiger partial charge is 0.155 e. The van der Waals surface area contributed by atoms with Gasteiger partial charge in [-0.3, -0.25) is 14.6 Å². The molecule has 18 rings (SSSR count). The summed E-state index contributed by atoms with van der Waals surface area (Å²) in [6.07, 6.45) is 14.5. The standard InChI is InChI=1S/C28H27N2.C18H12N.C17H11FN.C13H8NS.2C11H8N.2C5H8O2.3CH4.4Ir/c1-17-10-18(2)13-23(12-17)27-28(24-14-19(3)11-20(4)15-24)30-25(16-29-27)26-21(5)8-7-9-22(26)6;1-2-6-13(7-3-1)18-11-15-10-14-8-4-5-9-16(14)17(15)12-19-18;18-16-9-6-13(7-10-16)15-8-11-17(19-12-15)14-4-2-1-3-5-14;1-2-4-10(5-3-1)13-11-7-9-15-12(11)6-8-14-13;2*1-2-6-10(7-3-1)11-8-4-5-9-12-11;2*1-4(6)3-5(2)7;;;;;;;/h7-12,14-16H,1-6H3;1-6,8-9,11-12H,10H2;1-4,6-12H;1-4,6-9H;2*1-6,8-9H;2*3,6H,1-2H3;3*1H4;;;;/q6*-1;;;;;;;;;. The van der Waals surface area contributed by atoms with E-state index < -0.39 is 0 Å². The molecular weight excluding hydrogens is 2320 g/mol. The SMILES string of the molecule is C.C.C.CC(=O)C=C(C)O.CC(=O)C=C(C)O.Cc1[c-]c(-c2ncc(-c3c(C)cccc3C)nc2-c2cc(C)cc(C)c2)cc(C)c1.Fc1ccc(-c2ccc(-c3[c-]cccc3)nc2)cc1.[Ir].[Ir].[Ir].[Ir].[c-]1ccccc1-c1cc2c(cn1)-c1ccccc1C2.[c-]1ccccc1-c1ccccn1.[c-]1ccccc1-c1ccccn1.[c-]1ccccc1-c1nccc2sccc12. The van der Waals surface area contributed by atoms with Gasteiger partial charge in [-0.15, -0.1) is 226 Å². The Morgan fingerprint density at radius 2 is 0.852 bits per heavy atom. The van der Waals surface area contributed by atoms with Gasteiger partial charge in [0.05, 0.1) is 22.9 Å². The van der Waals surface area contributed by atoms with Gasteiger partial charge in [-0.25, -0.2) is 4.39 Å². The number of rotatable bonds is 11. The minimum Gasteiger partial charge on any atom is -0.512 e. The minimum absolute atomic E-state index is 0. The Labute approximate surface area is 813 Å². The molecule has 11 nitrogen and oxygen atoms in total. The van der Waals surface area contributed by atoms with Crippen LogP contribution in [0.1, 0.15) is 94.5 Å². The molecule has 10 aromatic carbocycles. The summed E-state index contributed by atoms with van der Waals surface area (Å²) in [5, 5.41) is 20.0. The summed E-state index contributed by atoms with van der Waals surface area (Å²) in [5.74, 6) is -0.354. The molecule has 0 saturated heterocycles. The van der Waals surface area contributed by atoms with Crippen LogP contribution >= 0.6 is 11.3 Å². The summed E-state index contributed by atoms with van der Waals surface area (Å²) < 4.78 is 14.1. The first-order valence-electron chi connectivity index (χ1n) is 39.3. The molecule has 1 aliphatic carbocycles. The van der Waals surface area contributed by atoms with E-state index >= 15 is 0 Å². The summed E-state index contributed by atoms with van der Waals surface area (Å²) in [6, 6.07) is 113. The third kappa shape index (κ3) is 32.7. The van der Waals surface area contributed by atoms with Gasteiger partial charge in [0.1, 0.15) is 5.82 Å². The van der Waals surface area contributed by atoms with Gasteiger partial charge in [0.2, 0.25) is 0 Å². The summed E-state index contributed by atoms with van der Waals surface area (Å²) in [5.41, 5.74) is 30.4. The van der Waals surface area contributed by atoms with E-state index in [1.807, 2.05) is 188 Å². The third-order valence-electron chi connectivity index (χ3n) is 18.5. The van der Waals surface area contributed by atoms with E-state index in [2.05, 4.69) is 199 Å². The molecule has 0 atom stereocenters. The molecule has 1 aliphatic rings. The number of hydrogen-bond acceptors (Lipinski definition) is 12. The van der Waals surface area contributed by atoms with Gasteiger partial charge in [-0.1, -0.05) is 169 Å². The van der Waals surface area contributed by atoms with E-state index in [4.69, 9.17) is 20.2 Å². The van der Waals surface area contributed by atoms with Gasteiger partial charge in [0, 0.05) is 151 Å². The number of aliphatic hydroxyl groups excluding tert-OH is 2. The van der Waals surface area contributed by atoms with Crippen molar-refractivity contribution >= 4 is 33.0 Å². The second kappa shape index (κ2) is 55.5. The van der Waals surface area contributed by atoms with Crippen molar-refractivity contribution in [3.63, 3.8) is 0 Å². The number of halogens is 1. The van der Waals surface area contributed by atoms with Crippen LogP contribution < -0.4 is 0 Å². The molecule has 2 N–H and O–H groups in total. The molecule has 7 heterocycles. The fourth-order valence-corrected chi connectivity index (χ4v) is 14.1. The molecule has 7 aromatic heterocycles. The third-order valence-corrected chi connectivity index (χ3v) is 19.3. The van der Waals surface area contributed by atoms with Crippen LogP contribution in [0.4, 0.5) is 4.39 Å². The van der Waals surface area contributed by atoms with Gasteiger partial charge in [-0.05, 0) is 176 Å². The van der Waals surface area contributed by atoms with E-state index in [0.717, 1.165) is 113 Å². The molecule has 0 amide bonds. The molecule has 0 aliphatic heterocycles. The Morgan fingerprint density at radius 1 is 0.375 bits per heavy atom. The minimum atomic E-state index is -0.229. The van der Waals surface area contributed by atoms with Crippen LogP contribution in [0.25, 0.3) is 122 Å². The molecule has 660 valence electrons. The Kier molecular flexibility index (Phi) is 47.0. The number of carbonyl (C=O) groups is 2. The Hall–Kier alpha value is -12.1. The van der Waals surface area contributed by atoms with Crippen molar-refractivity contribution in [2.45, 2.75) is 97.9 Å².